The number of hydrogen-bond donors (Lipinski definition) is 0. The zero-order valence-electron chi connectivity index (χ0n) is 14.9. The highest BCUT2D eigenvalue weighted by atomic mass is 14.4. The molecule has 3 aliphatic carbocycles. The predicted octanol–water partition coefficient (Wildman–Crippen LogP) is 7.15. The summed E-state index contributed by atoms with van der Waals surface area (Å²) in [6.45, 7) is 2.17. The van der Waals surface area contributed by atoms with Gasteiger partial charge in [0.15, 0.2) is 0 Å². The van der Waals surface area contributed by atoms with Crippen molar-refractivity contribution in [1.29, 1.82) is 0 Å². The van der Waals surface area contributed by atoms with Gasteiger partial charge in [0, 0.05) is 0 Å². The maximum atomic E-state index is 2.44. The molecule has 0 unspecified atom stereocenters. The van der Waals surface area contributed by atoms with E-state index in [1.54, 1.807) is 51.4 Å². The van der Waals surface area contributed by atoms with E-state index in [0.717, 1.165) is 29.6 Å². The van der Waals surface area contributed by atoms with Gasteiger partial charge in [-0.25, -0.2) is 0 Å². The van der Waals surface area contributed by atoms with E-state index in [2.05, 4.69) is 19.1 Å². The molecule has 0 aromatic rings. The summed E-state index contributed by atoms with van der Waals surface area (Å²) in [6, 6.07) is 0. The average Bonchev–Trinajstić information content (AvgIpc) is 3.09. The van der Waals surface area contributed by atoms with Crippen molar-refractivity contribution in [3.8, 4) is 0 Å². The Hall–Kier alpha value is -0.260. The van der Waals surface area contributed by atoms with Crippen molar-refractivity contribution in [2.24, 2.45) is 29.6 Å². The second kappa shape index (κ2) is 8.55. The fourth-order valence-electron chi connectivity index (χ4n) is 5.79. The Kier molecular flexibility index (Phi) is 6.45. The maximum Gasteiger partial charge on any atom is -0.0233 e. The molecule has 22 heavy (non-hydrogen) atoms. The molecule has 0 radical (unpaired) electrons. The van der Waals surface area contributed by atoms with Gasteiger partial charge in [0.05, 0.1) is 0 Å². The van der Waals surface area contributed by atoms with Crippen molar-refractivity contribution >= 4 is 0 Å². The third-order valence-electron chi connectivity index (χ3n) is 7.30. The molecule has 0 heteroatoms. The second-order valence-corrected chi connectivity index (χ2v) is 8.71. The second-order valence-electron chi connectivity index (χ2n) is 8.71. The third kappa shape index (κ3) is 4.62. The zero-order chi connectivity index (χ0) is 15.2. The molecule has 3 saturated carbocycles. The highest BCUT2D eigenvalue weighted by Gasteiger charge is 2.29. The van der Waals surface area contributed by atoms with Crippen molar-refractivity contribution < 1.29 is 0 Å². The normalized spacial score (nSPS) is 37.9. The topological polar surface area (TPSA) is 0 Å². The van der Waals surface area contributed by atoms with Gasteiger partial charge in [-0.05, 0) is 75.0 Å². The summed E-state index contributed by atoms with van der Waals surface area (Å²) in [5.41, 5.74) is 0. The standard InChI is InChI=1S/C22H38/c1-2-5-18-8-10-19(11-9-18)12-13-20-14-16-22(17-15-20)21-6-3-4-7-21/h2,5,18-22H,3-4,6-17H2,1H3/b5-2+. The molecule has 0 nitrogen and oxygen atoms in total. The van der Waals surface area contributed by atoms with Crippen LogP contribution in [0.15, 0.2) is 12.2 Å². The minimum atomic E-state index is 0.906. The van der Waals surface area contributed by atoms with Crippen LogP contribution in [0.1, 0.15) is 96.8 Å². The van der Waals surface area contributed by atoms with Crippen LogP contribution in [0, 0.1) is 29.6 Å². The number of allylic oxidation sites excluding steroid dienone is 2. The van der Waals surface area contributed by atoms with Crippen LogP contribution in [-0.2, 0) is 0 Å². The van der Waals surface area contributed by atoms with E-state index in [0.29, 0.717) is 0 Å². The summed E-state index contributed by atoms with van der Waals surface area (Å²) in [5.74, 6) is 5.31. The van der Waals surface area contributed by atoms with Crippen LogP contribution < -0.4 is 0 Å². The molecular formula is C22H38. The lowest BCUT2D eigenvalue weighted by Gasteiger charge is -2.33. The summed E-state index contributed by atoms with van der Waals surface area (Å²) in [6.07, 6.45) is 26.2. The van der Waals surface area contributed by atoms with Crippen LogP contribution in [0.5, 0.6) is 0 Å². The van der Waals surface area contributed by atoms with Crippen LogP contribution in [0.25, 0.3) is 0 Å². The van der Waals surface area contributed by atoms with E-state index >= 15 is 0 Å². The highest BCUT2D eigenvalue weighted by Crippen LogP contribution is 2.42. The van der Waals surface area contributed by atoms with E-state index in [1.807, 2.05) is 0 Å². The van der Waals surface area contributed by atoms with Gasteiger partial charge >= 0.3 is 0 Å². The predicted molar refractivity (Wildman–Crippen MR) is 96.9 cm³/mol. The molecule has 0 heterocycles. The number of rotatable bonds is 5. The number of hydrogen-bond acceptors (Lipinski definition) is 0. The quantitative estimate of drug-likeness (QED) is 0.473. The molecule has 0 saturated heterocycles. The molecule has 126 valence electrons. The SMILES string of the molecule is C/C=C/C1CCC(CCC2CCC(C3CCCC3)CC2)CC1. The molecule has 0 bridgehead atoms. The minimum Gasteiger partial charge on any atom is -0.0914 e. The van der Waals surface area contributed by atoms with Crippen molar-refractivity contribution in [2.45, 2.75) is 96.8 Å². The molecule has 0 aliphatic heterocycles. The van der Waals surface area contributed by atoms with Gasteiger partial charge in [-0.1, -0.05) is 63.5 Å². The van der Waals surface area contributed by atoms with E-state index in [-0.39, 0.29) is 0 Å². The first-order valence-corrected chi connectivity index (χ1v) is 10.5. The van der Waals surface area contributed by atoms with Crippen molar-refractivity contribution in [3.05, 3.63) is 12.2 Å². The molecule has 0 atom stereocenters. The lowest BCUT2D eigenvalue weighted by atomic mass is 9.72. The summed E-state index contributed by atoms with van der Waals surface area (Å²) in [5, 5.41) is 0. The third-order valence-corrected chi connectivity index (χ3v) is 7.30. The minimum absolute atomic E-state index is 0.906. The first-order valence-electron chi connectivity index (χ1n) is 10.5. The Balaban J connectivity index is 1.30. The van der Waals surface area contributed by atoms with Gasteiger partial charge in [-0.3, -0.25) is 0 Å². The van der Waals surface area contributed by atoms with Crippen LogP contribution in [0.4, 0.5) is 0 Å². The van der Waals surface area contributed by atoms with Crippen LogP contribution in [0.3, 0.4) is 0 Å². The Morgan fingerprint density at radius 1 is 0.636 bits per heavy atom. The molecule has 0 amide bonds. The molecular weight excluding hydrogens is 264 g/mol. The van der Waals surface area contributed by atoms with E-state index < -0.39 is 0 Å². The highest BCUT2D eigenvalue weighted by molar-refractivity contribution is 4.89. The molecule has 0 aromatic heterocycles. The van der Waals surface area contributed by atoms with Crippen molar-refractivity contribution in [1.82, 2.24) is 0 Å². The van der Waals surface area contributed by atoms with E-state index in [9.17, 15) is 0 Å². The Labute approximate surface area is 139 Å². The van der Waals surface area contributed by atoms with E-state index in [4.69, 9.17) is 0 Å². The fourth-order valence-corrected chi connectivity index (χ4v) is 5.79. The van der Waals surface area contributed by atoms with Gasteiger partial charge in [0.25, 0.3) is 0 Å². The molecule has 3 fully saturated rings. The first-order chi connectivity index (χ1) is 10.8. The smallest absolute Gasteiger partial charge is 0.0233 e. The molecule has 0 N–H and O–H groups in total. The summed E-state index contributed by atoms with van der Waals surface area (Å²) in [4.78, 5) is 0. The van der Waals surface area contributed by atoms with Gasteiger partial charge < -0.3 is 0 Å². The summed E-state index contributed by atoms with van der Waals surface area (Å²) >= 11 is 0. The van der Waals surface area contributed by atoms with Crippen LogP contribution in [-0.4, -0.2) is 0 Å². The molecule has 3 aliphatic rings. The first kappa shape index (κ1) is 16.6. The molecule has 0 aromatic carbocycles. The van der Waals surface area contributed by atoms with Crippen LogP contribution >= 0.6 is 0 Å². The van der Waals surface area contributed by atoms with Gasteiger partial charge in [-0.2, -0.15) is 0 Å². The summed E-state index contributed by atoms with van der Waals surface area (Å²) < 4.78 is 0. The Morgan fingerprint density at radius 3 is 1.68 bits per heavy atom. The Morgan fingerprint density at radius 2 is 1.14 bits per heavy atom. The van der Waals surface area contributed by atoms with Gasteiger partial charge in [0.1, 0.15) is 0 Å². The fraction of sp³-hybridized carbons (Fsp3) is 0.909. The average molecular weight is 303 g/mol. The monoisotopic (exact) mass is 302 g/mol. The lowest BCUT2D eigenvalue weighted by Crippen LogP contribution is -2.21. The van der Waals surface area contributed by atoms with Crippen LogP contribution in [0.2, 0.25) is 0 Å². The lowest BCUT2D eigenvalue weighted by molar-refractivity contribution is 0.186. The van der Waals surface area contributed by atoms with Gasteiger partial charge in [-0.15, -0.1) is 0 Å². The van der Waals surface area contributed by atoms with Crippen molar-refractivity contribution in [3.63, 3.8) is 0 Å². The molecule has 3 rings (SSSR count). The van der Waals surface area contributed by atoms with Gasteiger partial charge in [0.2, 0.25) is 0 Å². The largest absolute Gasteiger partial charge is 0.0914 e. The zero-order valence-corrected chi connectivity index (χ0v) is 14.9. The summed E-state index contributed by atoms with van der Waals surface area (Å²) in [7, 11) is 0. The van der Waals surface area contributed by atoms with E-state index in [1.165, 1.54) is 38.5 Å². The maximum absolute atomic E-state index is 2.44. The van der Waals surface area contributed by atoms with Crippen molar-refractivity contribution in [2.75, 3.05) is 0 Å². The molecule has 0 spiro atoms. The Bertz CT molecular complexity index is 320.